The van der Waals surface area contributed by atoms with Gasteiger partial charge in [-0.15, -0.1) is 15.3 Å². The fourth-order valence-corrected chi connectivity index (χ4v) is 3.33. The number of nitrogens with zero attached hydrogens (tertiary/aromatic N) is 4. The van der Waals surface area contributed by atoms with E-state index in [2.05, 4.69) is 20.6 Å². The van der Waals surface area contributed by atoms with Gasteiger partial charge >= 0.3 is 0 Å². The molecule has 7 heteroatoms. The van der Waals surface area contributed by atoms with E-state index >= 15 is 0 Å². The van der Waals surface area contributed by atoms with E-state index in [0.717, 1.165) is 18.7 Å². The minimum atomic E-state index is -0.0814. The number of amides is 1. The Hall–Kier alpha value is -1.50. The molecule has 0 atom stereocenters. The lowest BCUT2D eigenvalue weighted by molar-refractivity contribution is 0.0926. The van der Waals surface area contributed by atoms with Crippen LogP contribution in [0.4, 0.5) is 0 Å². The highest BCUT2D eigenvalue weighted by Gasteiger charge is 2.21. The molecule has 1 N–H and O–H groups in total. The Labute approximate surface area is 121 Å². The molecular formula is C13H19N5OS. The highest BCUT2D eigenvalue weighted by Crippen LogP contribution is 2.20. The van der Waals surface area contributed by atoms with Gasteiger partial charge in [-0.1, -0.05) is 44.4 Å². The van der Waals surface area contributed by atoms with Gasteiger partial charge in [0.05, 0.1) is 0 Å². The Morgan fingerprint density at radius 2 is 2.05 bits per heavy atom. The van der Waals surface area contributed by atoms with Gasteiger partial charge in [0.25, 0.3) is 5.91 Å². The minimum absolute atomic E-state index is 0.0814. The van der Waals surface area contributed by atoms with E-state index in [9.17, 15) is 4.79 Å². The van der Waals surface area contributed by atoms with Crippen molar-refractivity contribution < 1.29 is 4.79 Å². The summed E-state index contributed by atoms with van der Waals surface area (Å²) in [5, 5.41) is 16.1. The van der Waals surface area contributed by atoms with Crippen molar-refractivity contribution in [1.82, 2.24) is 25.1 Å². The van der Waals surface area contributed by atoms with Crippen molar-refractivity contribution in [3.05, 3.63) is 10.8 Å². The first-order valence-corrected chi connectivity index (χ1v) is 8.00. The van der Waals surface area contributed by atoms with E-state index in [0.29, 0.717) is 16.0 Å². The summed E-state index contributed by atoms with van der Waals surface area (Å²) < 4.78 is 1.69. The first-order valence-electron chi connectivity index (χ1n) is 7.18. The smallest absolute Gasteiger partial charge is 0.282 e. The van der Waals surface area contributed by atoms with Crippen molar-refractivity contribution >= 4 is 22.2 Å². The average Bonchev–Trinajstić information content (AvgIpc) is 2.98. The summed E-state index contributed by atoms with van der Waals surface area (Å²) in [6.07, 6.45) is 5.84. The van der Waals surface area contributed by atoms with Crippen molar-refractivity contribution in [3.8, 4) is 0 Å². The Bertz CT molecular complexity index is 611. The molecule has 0 unspecified atom stereocenters. The number of carbonyl (C=O) groups is 1. The molecule has 0 radical (unpaired) electrons. The lowest BCUT2D eigenvalue weighted by atomic mass is 9.95. The van der Waals surface area contributed by atoms with Crippen molar-refractivity contribution in [3.63, 3.8) is 0 Å². The summed E-state index contributed by atoms with van der Waals surface area (Å²) >= 11 is 1.30. The monoisotopic (exact) mass is 293 g/mol. The summed E-state index contributed by atoms with van der Waals surface area (Å²) in [5.74, 6) is 0.955. The van der Waals surface area contributed by atoms with Gasteiger partial charge in [-0.2, -0.15) is 4.52 Å². The van der Waals surface area contributed by atoms with Crippen LogP contribution in [0.15, 0.2) is 0 Å². The fourth-order valence-electron chi connectivity index (χ4n) is 2.58. The summed E-state index contributed by atoms with van der Waals surface area (Å²) in [4.78, 5) is 12.9. The SMILES string of the molecule is CC(C)c1nnc2sc(C(=O)NC3CCCCC3)nn12. The molecular weight excluding hydrogens is 274 g/mol. The molecule has 2 heterocycles. The molecule has 3 rings (SSSR count). The van der Waals surface area contributed by atoms with E-state index in [1.807, 2.05) is 13.8 Å². The predicted octanol–water partition coefficient (Wildman–Crippen LogP) is 2.37. The molecule has 0 bridgehead atoms. The third-order valence-electron chi connectivity index (χ3n) is 3.67. The highest BCUT2D eigenvalue weighted by atomic mass is 32.1. The van der Waals surface area contributed by atoms with Crippen LogP contribution in [-0.2, 0) is 0 Å². The molecule has 1 saturated carbocycles. The van der Waals surface area contributed by atoms with E-state index in [1.54, 1.807) is 4.52 Å². The first kappa shape index (κ1) is 13.5. The Kier molecular flexibility index (Phi) is 3.69. The maximum atomic E-state index is 12.2. The summed E-state index contributed by atoms with van der Waals surface area (Å²) in [7, 11) is 0. The molecule has 1 amide bonds. The maximum absolute atomic E-state index is 12.2. The molecule has 1 aliphatic rings. The van der Waals surface area contributed by atoms with Crippen molar-refractivity contribution in [2.75, 3.05) is 0 Å². The predicted molar refractivity (Wildman–Crippen MR) is 77.1 cm³/mol. The van der Waals surface area contributed by atoms with E-state index in [1.165, 1.54) is 30.6 Å². The quantitative estimate of drug-likeness (QED) is 0.943. The van der Waals surface area contributed by atoms with E-state index < -0.39 is 0 Å². The van der Waals surface area contributed by atoms with Crippen LogP contribution in [0, 0.1) is 0 Å². The van der Waals surface area contributed by atoms with Crippen LogP contribution in [0.2, 0.25) is 0 Å². The molecule has 1 fully saturated rings. The second kappa shape index (κ2) is 5.47. The topological polar surface area (TPSA) is 72.2 Å². The second-order valence-corrected chi connectivity index (χ2v) is 6.58. The van der Waals surface area contributed by atoms with Crippen LogP contribution < -0.4 is 5.32 Å². The zero-order valence-electron chi connectivity index (χ0n) is 11.8. The van der Waals surface area contributed by atoms with Gasteiger partial charge in [0.1, 0.15) is 0 Å². The fraction of sp³-hybridized carbons (Fsp3) is 0.692. The molecule has 0 aliphatic heterocycles. The van der Waals surface area contributed by atoms with Gasteiger partial charge in [-0.3, -0.25) is 4.79 Å². The number of nitrogens with one attached hydrogen (secondary N) is 1. The summed E-state index contributed by atoms with van der Waals surface area (Å²) in [6.45, 7) is 4.08. The molecule has 6 nitrogen and oxygen atoms in total. The van der Waals surface area contributed by atoms with Gasteiger partial charge in [0.2, 0.25) is 9.97 Å². The first-order chi connectivity index (χ1) is 9.65. The Morgan fingerprint density at radius 1 is 1.30 bits per heavy atom. The third kappa shape index (κ3) is 2.54. The normalized spacial score (nSPS) is 16.9. The van der Waals surface area contributed by atoms with Gasteiger partial charge in [-0.05, 0) is 12.8 Å². The van der Waals surface area contributed by atoms with E-state index in [4.69, 9.17) is 0 Å². The molecule has 1 aliphatic carbocycles. The van der Waals surface area contributed by atoms with Crippen molar-refractivity contribution in [2.45, 2.75) is 57.9 Å². The molecule has 20 heavy (non-hydrogen) atoms. The Balaban J connectivity index is 1.77. The molecule has 0 saturated heterocycles. The maximum Gasteiger partial charge on any atom is 0.282 e. The standard InChI is InChI=1S/C13H19N5OS/c1-8(2)10-15-16-13-18(10)17-12(20-13)11(19)14-9-6-4-3-5-7-9/h8-9H,3-7H2,1-2H3,(H,14,19). The second-order valence-electron chi connectivity index (χ2n) is 5.62. The van der Waals surface area contributed by atoms with Gasteiger partial charge in [0, 0.05) is 12.0 Å². The largest absolute Gasteiger partial charge is 0.347 e. The number of hydrogen-bond donors (Lipinski definition) is 1. The number of aromatic nitrogens is 4. The van der Waals surface area contributed by atoms with Gasteiger partial charge in [-0.25, -0.2) is 0 Å². The number of rotatable bonds is 3. The van der Waals surface area contributed by atoms with Crippen LogP contribution in [-0.4, -0.2) is 31.8 Å². The number of carbonyl (C=O) groups excluding carboxylic acids is 1. The molecule has 0 aromatic carbocycles. The molecule has 0 spiro atoms. The Morgan fingerprint density at radius 3 is 2.75 bits per heavy atom. The number of hydrogen-bond acceptors (Lipinski definition) is 5. The molecule has 2 aromatic rings. The average molecular weight is 293 g/mol. The zero-order chi connectivity index (χ0) is 14.1. The highest BCUT2D eigenvalue weighted by molar-refractivity contribution is 7.18. The minimum Gasteiger partial charge on any atom is -0.347 e. The lowest BCUT2D eigenvalue weighted by Crippen LogP contribution is -2.36. The van der Waals surface area contributed by atoms with Crippen LogP contribution in [0.1, 0.15) is 67.5 Å². The lowest BCUT2D eigenvalue weighted by Gasteiger charge is -2.21. The summed E-state index contributed by atoms with van der Waals surface area (Å²) in [6, 6.07) is 0.301. The van der Waals surface area contributed by atoms with Crippen LogP contribution in [0.5, 0.6) is 0 Å². The number of fused-ring (bicyclic) bond motifs is 1. The van der Waals surface area contributed by atoms with Gasteiger partial charge < -0.3 is 5.32 Å². The van der Waals surface area contributed by atoms with Crippen molar-refractivity contribution in [1.29, 1.82) is 0 Å². The van der Waals surface area contributed by atoms with Crippen LogP contribution >= 0.6 is 11.3 Å². The third-order valence-corrected chi connectivity index (χ3v) is 4.56. The van der Waals surface area contributed by atoms with Crippen LogP contribution in [0.3, 0.4) is 0 Å². The van der Waals surface area contributed by atoms with Crippen molar-refractivity contribution in [2.24, 2.45) is 0 Å². The van der Waals surface area contributed by atoms with Gasteiger partial charge in [0.15, 0.2) is 5.82 Å². The zero-order valence-corrected chi connectivity index (χ0v) is 12.6. The molecule has 108 valence electrons. The van der Waals surface area contributed by atoms with E-state index in [-0.39, 0.29) is 11.8 Å². The van der Waals surface area contributed by atoms with Crippen LogP contribution in [0.25, 0.3) is 4.96 Å². The molecule has 2 aromatic heterocycles. The summed E-state index contributed by atoms with van der Waals surface area (Å²) in [5.41, 5.74) is 0.